The number of hydrogen-bond donors (Lipinski definition) is 1. The van der Waals surface area contributed by atoms with Gasteiger partial charge in [0, 0.05) is 18.1 Å². The highest BCUT2D eigenvalue weighted by Crippen LogP contribution is 2.29. The number of amides is 1. The summed E-state index contributed by atoms with van der Waals surface area (Å²) in [6, 6.07) is 14.9. The molecule has 3 nitrogen and oxygen atoms in total. The second kappa shape index (κ2) is 7.05. The number of carbonyl (C=O) groups is 1. The molecule has 2 aromatic rings. The maximum absolute atomic E-state index is 12.4. The summed E-state index contributed by atoms with van der Waals surface area (Å²) in [6.07, 6.45) is 2.28. The molecule has 0 saturated carbocycles. The van der Waals surface area contributed by atoms with Gasteiger partial charge in [0.05, 0.1) is 6.42 Å². The monoisotopic (exact) mass is 329 g/mol. The van der Waals surface area contributed by atoms with Crippen LogP contribution in [0.3, 0.4) is 0 Å². The first-order valence-electron chi connectivity index (χ1n) is 7.93. The maximum Gasteiger partial charge on any atom is 0.227 e. The Morgan fingerprint density at radius 3 is 2.39 bits per heavy atom. The lowest BCUT2D eigenvalue weighted by molar-refractivity contribution is -0.131. The van der Waals surface area contributed by atoms with E-state index >= 15 is 0 Å². The van der Waals surface area contributed by atoms with Crippen molar-refractivity contribution in [2.45, 2.75) is 25.2 Å². The van der Waals surface area contributed by atoms with Gasteiger partial charge in [0.15, 0.2) is 0 Å². The van der Waals surface area contributed by atoms with Gasteiger partial charge in [-0.15, -0.1) is 0 Å². The number of nitrogens with zero attached hydrogens (tertiary/aromatic N) is 1. The average Bonchev–Trinajstić information content (AvgIpc) is 2.58. The molecular formula is C19H20ClNO2. The number of piperidine rings is 1. The first kappa shape index (κ1) is 15.9. The van der Waals surface area contributed by atoms with Gasteiger partial charge in [0.1, 0.15) is 5.75 Å². The van der Waals surface area contributed by atoms with Crippen LogP contribution in [0.4, 0.5) is 0 Å². The minimum Gasteiger partial charge on any atom is -0.508 e. The number of phenols is 1. The number of rotatable bonds is 3. The highest BCUT2D eigenvalue weighted by molar-refractivity contribution is 6.31. The van der Waals surface area contributed by atoms with Crippen molar-refractivity contribution in [2.75, 3.05) is 13.1 Å². The molecule has 0 aliphatic carbocycles. The minimum absolute atomic E-state index is 0.141. The largest absolute Gasteiger partial charge is 0.508 e. The van der Waals surface area contributed by atoms with E-state index in [2.05, 4.69) is 0 Å². The van der Waals surface area contributed by atoms with Gasteiger partial charge in [0.25, 0.3) is 0 Å². The van der Waals surface area contributed by atoms with Crippen LogP contribution in [-0.2, 0) is 11.2 Å². The topological polar surface area (TPSA) is 40.5 Å². The molecule has 120 valence electrons. The standard InChI is InChI=1S/C19H20ClNO2/c20-18-4-2-1-3-16(18)13-19(23)21-11-9-15(10-12-21)14-5-7-17(22)8-6-14/h1-8,15,22H,9-13H2. The Balaban J connectivity index is 1.57. The van der Waals surface area contributed by atoms with Gasteiger partial charge >= 0.3 is 0 Å². The number of phenolic OH excluding ortho intramolecular Hbond substituents is 1. The molecule has 1 saturated heterocycles. The second-order valence-electron chi connectivity index (χ2n) is 6.01. The van der Waals surface area contributed by atoms with E-state index in [-0.39, 0.29) is 5.91 Å². The van der Waals surface area contributed by atoms with E-state index in [9.17, 15) is 9.90 Å². The zero-order chi connectivity index (χ0) is 16.2. The summed E-state index contributed by atoms with van der Waals surface area (Å²) in [5.41, 5.74) is 2.13. The van der Waals surface area contributed by atoms with Crippen molar-refractivity contribution in [3.8, 4) is 5.75 Å². The third kappa shape index (κ3) is 3.85. The zero-order valence-electron chi connectivity index (χ0n) is 12.9. The average molecular weight is 330 g/mol. The molecule has 1 N–H and O–H groups in total. The van der Waals surface area contributed by atoms with E-state index in [1.165, 1.54) is 5.56 Å². The molecule has 0 bridgehead atoms. The smallest absolute Gasteiger partial charge is 0.227 e. The van der Waals surface area contributed by atoms with E-state index in [0.29, 0.717) is 23.1 Å². The van der Waals surface area contributed by atoms with Crippen LogP contribution < -0.4 is 0 Å². The van der Waals surface area contributed by atoms with Crippen molar-refractivity contribution >= 4 is 17.5 Å². The Labute approximate surface area is 141 Å². The Hall–Kier alpha value is -2.00. The predicted octanol–water partition coefficient (Wildman–Crippen LogP) is 3.99. The Morgan fingerprint density at radius 2 is 1.74 bits per heavy atom. The van der Waals surface area contributed by atoms with Crippen molar-refractivity contribution in [3.63, 3.8) is 0 Å². The molecule has 0 aromatic heterocycles. The Kier molecular flexibility index (Phi) is 4.87. The molecule has 23 heavy (non-hydrogen) atoms. The summed E-state index contributed by atoms with van der Waals surface area (Å²) >= 11 is 6.13. The fourth-order valence-electron chi connectivity index (χ4n) is 3.13. The molecule has 1 aliphatic heterocycles. The third-order valence-electron chi connectivity index (χ3n) is 4.51. The number of benzene rings is 2. The highest BCUT2D eigenvalue weighted by atomic mass is 35.5. The van der Waals surface area contributed by atoms with Crippen molar-refractivity contribution in [1.29, 1.82) is 0 Å². The first-order valence-corrected chi connectivity index (χ1v) is 8.31. The molecule has 1 heterocycles. The molecule has 0 atom stereocenters. The van der Waals surface area contributed by atoms with E-state index in [1.54, 1.807) is 12.1 Å². The van der Waals surface area contributed by atoms with Crippen molar-refractivity contribution in [1.82, 2.24) is 4.90 Å². The van der Waals surface area contributed by atoms with Gasteiger partial charge in [-0.05, 0) is 48.1 Å². The summed E-state index contributed by atoms with van der Waals surface area (Å²) in [7, 11) is 0. The van der Waals surface area contributed by atoms with Crippen LogP contribution in [-0.4, -0.2) is 29.0 Å². The van der Waals surface area contributed by atoms with Crippen LogP contribution >= 0.6 is 11.6 Å². The quantitative estimate of drug-likeness (QED) is 0.924. The summed E-state index contributed by atoms with van der Waals surface area (Å²) in [5, 5.41) is 10.0. The molecule has 1 aliphatic rings. The van der Waals surface area contributed by atoms with Crippen LogP contribution in [0.1, 0.15) is 29.9 Å². The van der Waals surface area contributed by atoms with E-state index < -0.39 is 0 Å². The molecule has 1 fully saturated rings. The van der Waals surface area contributed by atoms with Gasteiger partial charge in [0.2, 0.25) is 5.91 Å². The maximum atomic E-state index is 12.4. The predicted molar refractivity (Wildman–Crippen MR) is 91.8 cm³/mol. The van der Waals surface area contributed by atoms with Gasteiger partial charge in [-0.2, -0.15) is 0 Å². The molecule has 3 rings (SSSR count). The third-order valence-corrected chi connectivity index (χ3v) is 4.88. The van der Waals surface area contributed by atoms with E-state index in [4.69, 9.17) is 11.6 Å². The Bertz CT molecular complexity index is 676. The van der Waals surface area contributed by atoms with Crippen molar-refractivity contribution in [2.24, 2.45) is 0 Å². The molecule has 0 spiro atoms. The number of carbonyl (C=O) groups excluding carboxylic acids is 1. The summed E-state index contributed by atoms with van der Waals surface area (Å²) < 4.78 is 0. The SMILES string of the molecule is O=C(Cc1ccccc1Cl)N1CCC(c2ccc(O)cc2)CC1. The minimum atomic E-state index is 0.141. The van der Waals surface area contributed by atoms with Crippen LogP contribution in [0.2, 0.25) is 5.02 Å². The van der Waals surface area contributed by atoms with Gasteiger partial charge in [-0.1, -0.05) is 41.9 Å². The zero-order valence-corrected chi connectivity index (χ0v) is 13.7. The van der Waals surface area contributed by atoms with Gasteiger partial charge in [-0.25, -0.2) is 0 Å². The number of likely N-dealkylation sites (tertiary alicyclic amines) is 1. The lowest BCUT2D eigenvalue weighted by Crippen LogP contribution is -2.38. The normalized spacial score (nSPS) is 15.6. The fourth-order valence-corrected chi connectivity index (χ4v) is 3.33. The molecule has 1 amide bonds. The summed E-state index contributed by atoms with van der Waals surface area (Å²) in [4.78, 5) is 14.4. The molecule has 0 radical (unpaired) electrons. The second-order valence-corrected chi connectivity index (χ2v) is 6.42. The molecule has 4 heteroatoms. The lowest BCUT2D eigenvalue weighted by Gasteiger charge is -2.32. The van der Waals surface area contributed by atoms with Crippen molar-refractivity contribution in [3.05, 3.63) is 64.7 Å². The molecule has 2 aromatic carbocycles. The molecule has 0 unspecified atom stereocenters. The van der Waals surface area contributed by atoms with E-state index in [1.807, 2.05) is 41.3 Å². The number of aromatic hydroxyl groups is 1. The van der Waals surface area contributed by atoms with Crippen LogP contribution in [0.15, 0.2) is 48.5 Å². The van der Waals surface area contributed by atoms with Crippen LogP contribution in [0.25, 0.3) is 0 Å². The summed E-state index contributed by atoms with van der Waals surface area (Å²) in [6.45, 7) is 1.55. The summed E-state index contributed by atoms with van der Waals surface area (Å²) in [5.74, 6) is 0.892. The Morgan fingerprint density at radius 1 is 1.09 bits per heavy atom. The van der Waals surface area contributed by atoms with Gasteiger partial charge in [-0.3, -0.25) is 4.79 Å². The van der Waals surface area contributed by atoms with E-state index in [0.717, 1.165) is 31.5 Å². The number of hydrogen-bond acceptors (Lipinski definition) is 2. The van der Waals surface area contributed by atoms with Gasteiger partial charge < -0.3 is 10.0 Å². The lowest BCUT2D eigenvalue weighted by atomic mass is 9.89. The number of halogens is 1. The fraction of sp³-hybridized carbons (Fsp3) is 0.316. The highest BCUT2D eigenvalue weighted by Gasteiger charge is 2.24. The molecular weight excluding hydrogens is 310 g/mol. The first-order chi connectivity index (χ1) is 11.1. The van der Waals surface area contributed by atoms with Crippen LogP contribution in [0, 0.1) is 0 Å². The van der Waals surface area contributed by atoms with Crippen LogP contribution in [0.5, 0.6) is 5.75 Å². The van der Waals surface area contributed by atoms with Crippen molar-refractivity contribution < 1.29 is 9.90 Å².